The largest absolute Gasteiger partial charge is 0.262 e. The van der Waals surface area contributed by atoms with Gasteiger partial charge in [-0.25, -0.2) is 0 Å². The Bertz CT molecular complexity index is 601. The lowest BCUT2D eigenvalue weighted by atomic mass is 10.3. The molecule has 0 radical (unpaired) electrons. The molecule has 0 amide bonds. The molecule has 0 aliphatic heterocycles. The van der Waals surface area contributed by atoms with Crippen molar-refractivity contribution in [3.8, 4) is 10.7 Å². The Labute approximate surface area is 94.0 Å². The summed E-state index contributed by atoms with van der Waals surface area (Å²) in [5.41, 5.74) is 0. The van der Waals surface area contributed by atoms with Gasteiger partial charge >= 0.3 is 0 Å². The highest BCUT2D eigenvalue weighted by Gasteiger charge is 2.09. The maximum absolute atomic E-state index is 4.34. The molecule has 0 unspecified atom stereocenters. The fourth-order valence-corrected chi connectivity index (χ4v) is 2.63. The van der Waals surface area contributed by atoms with Crippen molar-refractivity contribution < 1.29 is 0 Å². The number of thiophene rings is 1. The van der Waals surface area contributed by atoms with E-state index in [1.165, 1.54) is 0 Å². The molecule has 3 aromatic rings. The number of fused-ring (bicyclic) bond motifs is 1. The summed E-state index contributed by atoms with van der Waals surface area (Å²) in [6.07, 6.45) is 3.53. The van der Waals surface area contributed by atoms with Crippen LogP contribution in [0.5, 0.6) is 0 Å². The molecule has 0 saturated heterocycles. The molecule has 3 rings (SSSR count). The first-order valence-electron chi connectivity index (χ1n) is 4.15. The number of pyridine rings is 1. The second kappa shape index (κ2) is 3.28. The number of aromatic nitrogens is 5. The van der Waals surface area contributed by atoms with Gasteiger partial charge in [0.25, 0.3) is 0 Å². The zero-order valence-corrected chi connectivity index (χ0v) is 9.09. The Kier molecular flexibility index (Phi) is 1.93. The molecule has 3 aromatic heterocycles. The van der Waals surface area contributed by atoms with Crippen molar-refractivity contribution >= 4 is 34.1 Å². The summed E-state index contributed by atoms with van der Waals surface area (Å²) < 4.78 is 1.07. The molecular weight excluding hydrogens is 230 g/mol. The minimum absolute atomic E-state index is 0.601. The van der Waals surface area contributed by atoms with Crippen LogP contribution in [-0.2, 0) is 0 Å². The van der Waals surface area contributed by atoms with Crippen LogP contribution in [0.25, 0.3) is 20.8 Å². The van der Waals surface area contributed by atoms with E-state index >= 15 is 0 Å². The highest BCUT2D eigenvalue weighted by atomic mass is 32.1. The number of thiol groups is 1. The lowest BCUT2D eigenvalue weighted by Crippen LogP contribution is -1.73. The summed E-state index contributed by atoms with van der Waals surface area (Å²) in [5.74, 6) is 0.601. The van der Waals surface area contributed by atoms with Gasteiger partial charge in [-0.3, -0.25) is 4.98 Å². The van der Waals surface area contributed by atoms with Gasteiger partial charge in [-0.05, 0) is 11.3 Å². The number of rotatable bonds is 1. The van der Waals surface area contributed by atoms with E-state index in [0.29, 0.717) is 5.82 Å². The second-order valence-electron chi connectivity index (χ2n) is 2.92. The van der Waals surface area contributed by atoms with Gasteiger partial charge in [-0.15, -0.1) is 34.2 Å². The fraction of sp³-hybridized carbons (Fsp3) is 0. The second-order valence-corrected chi connectivity index (χ2v) is 4.48. The van der Waals surface area contributed by atoms with E-state index in [1.54, 1.807) is 17.5 Å². The van der Waals surface area contributed by atoms with Crippen molar-refractivity contribution in [2.75, 3.05) is 0 Å². The quantitative estimate of drug-likeness (QED) is 0.631. The third kappa shape index (κ3) is 1.40. The Morgan fingerprint density at radius 3 is 3.00 bits per heavy atom. The number of tetrazole rings is 1. The van der Waals surface area contributed by atoms with Crippen molar-refractivity contribution in [2.24, 2.45) is 0 Å². The van der Waals surface area contributed by atoms with Gasteiger partial charge in [0, 0.05) is 22.7 Å². The Morgan fingerprint density at radius 1 is 1.33 bits per heavy atom. The van der Waals surface area contributed by atoms with Crippen LogP contribution < -0.4 is 0 Å². The molecular formula is C8H5N5S2. The molecule has 0 aliphatic rings. The third-order valence-corrected chi connectivity index (χ3v) is 3.41. The number of hydrogen-bond acceptors (Lipinski definition) is 6. The first-order valence-corrected chi connectivity index (χ1v) is 5.41. The first-order chi connectivity index (χ1) is 7.34. The predicted molar refractivity (Wildman–Crippen MR) is 60.0 cm³/mol. The van der Waals surface area contributed by atoms with Crippen molar-refractivity contribution in [2.45, 2.75) is 4.90 Å². The van der Waals surface area contributed by atoms with E-state index in [-0.39, 0.29) is 0 Å². The maximum Gasteiger partial charge on any atom is 0.214 e. The van der Waals surface area contributed by atoms with Crippen molar-refractivity contribution in [3.05, 3.63) is 18.5 Å². The Balaban J connectivity index is 2.27. The van der Waals surface area contributed by atoms with Gasteiger partial charge < -0.3 is 0 Å². The minimum Gasteiger partial charge on any atom is -0.262 e. The van der Waals surface area contributed by atoms with Crippen molar-refractivity contribution in [1.29, 1.82) is 0 Å². The summed E-state index contributed by atoms with van der Waals surface area (Å²) in [5, 5.41) is 14.9. The van der Waals surface area contributed by atoms with Crippen molar-refractivity contribution in [1.82, 2.24) is 25.6 Å². The Morgan fingerprint density at radius 2 is 2.27 bits per heavy atom. The van der Waals surface area contributed by atoms with Gasteiger partial charge in [0.05, 0.1) is 9.58 Å². The highest BCUT2D eigenvalue weighted by Crippen LogP contribution is 2.33. The van der Waals surface area contributed by atoms with Gasteiger partial charge in [-0.2, -0.15) is 5.21 Å². The normalized spacial score (nSPS) is 11.0. The topological polar surface area (TPSA) is 67.3 Å². The Hall–Kier alpha value is -1.47. The van der Waals surface area contributed by atoms with E-state index in [2.05, 4.69) is 38.2 Å². The summed E-state index contributed by atoms with van der Waals surface area (Å²) in [4.78, 5) is 5.90. The van der Waals surface area contributed by atoms with Crippen LogP contribution in [0.4, 0.5) is 0 Å². The monoisotopic (exact) mass is 235 g/mol. The summed E-state index contributed by atoms with van der Waals surface area (Å²) in [7, 11) is 0. The molecule has 0 bridgehead atoms. The van der Waals surface area contributed by atoms with Crippen LogP contribution >= 0.6 is 24.0 Å². The van der Waals surface area contributed by atoms with Crippen molar-refractivity contribution in [3.63, 3.8) is 0 Å². The molecule has 0 saturated carbocycles. The van der Waals surface area contributed by atoms with Crippen LogP contribution in [0.3, 0.4) is 0 Å². The lowest BCUT2D eigenvalue weighted by molar-refractivity contribution is 0.881. The average molecular weight is 235 g/mol. The zero-order chi connectivity index (χ0) is 10.3. The van der Waals surface area contributed by atoms with Crippen LogP contribution in [0.15, 0.2) is 23.4 Å². The van der Waals surface area contributed by atoms with E-state index in [9.17, 15) is 0 Å². The average Bonchev–Trinajstić information content (AvgIpc) is 2.86. The van der Waals surface area contributed by atoms with E-state index in [0.717, 1.165) is 19.9 Å². The number of H-pyrrole nitrogens is 1. The maximum atomic E-state index is 4.34. The molecule has 0 fully saturated rings. The SMILES string of the molecule is Sc1cncc2sc(-c3nn[nH]n3)cc12. The smallest absolute Gasteiger partial charge is 0.214 e. The molecule has 0 atom stereocenters. The summed E-state index contributed by atoms with van der Waals surface area (Å²) in [6.45, 7) is 0. The zero-order valence-electron chi connectivity index (χ0n) is 7.38. The molecule has 15 heavy (non-hydrogen) atoms. The minimum atomic E-state index is 0.601. The van der Waals surface area contributed by atoms with E-state index in [4.69, 9.17) is 0 Å². The van der Waals surface area contributed by atoms with Crippen LogP contribution in [-0.4, -0.2) is 25.6 Å². The molecule has 5 nitrogen and oxygen atoms in total. The standard InChI is InChI=1S/C8H5N5S2/c14-5-2-9-3-7-4(5)1-6(15-7)8-10-12-13-11-8/h1-3,14H,(H,10,11,12,13). The predicted octanol–water partition coefficient (Wildman–Crippen LogP) is 1.77. The lowest BCUT2D eigenvalue weighted by Gasteiger charge is -1.90. The highest BCUT2D eigenvalue weighted by molar-refractivity contribution is 7.80. The van der Waals surface area contributed by atoms with Crippen LogP contribution in [0.2, 0.25) is 0 Å². The molecule has 0 aromatic carbocycles. The molecule has 0 spiro atoms. The fourth-order valence-electron chi connectivity index (χ4n) is 1.32. The van der Waals surface area contributed by atoms with Gasteiger partial charge in [0.1, 0.15) is 0 Å². The van der Waals surface area contributed by atoms with Crippen LogP contribution in [0, 0.1) is 0 Å². The van der Waals surface area contributed by atoms with Gasteiger partial charge in [0.2, 0.25) is 5.82 Å². The summed E-state index contributed by atoms with van der Waals surface area (Å²) in [6, 6.07) is 1.99. The molecule has 0 aliphatic carbocycles. The van der Waals surface area contributed by atoms with E-state index < -0.39 is 0 Å². The first kappa shape index (κ1) is 8.81. The van der Waals surface area contributed by atoms with E-state index in [1.807, 2.05) is 12.3 Å². The third-order valence-electron chi connectivity index (χ3n) is 1.99. The van der Waals surface area contributed by atoms with Crippen LogP contribution in [0.1, 0.15) is 0 Å². The van der Waals surface area contributed by atoms with Gasteiger partial charge in [0.15, 0.2) is 0 Å². The summed E-state index contributed by atoms with van der Waals surface area (Å²) >= 11 is 5.91. The number of hydrogen-bond donors (Lipinski definition) is 2. The number of aromatic amines is 1. The number of nitrogens with one attached hydrogen (secondary N) is 1. The molecule has 74 valence electrons. The molecule has 3 heterocycles. The number of nitrogens with zero attached hydrogens (tertiary/aromatic N) is 4. The molecule has 1 N–H and O–H groups in total. The van der Waals surface area contributed by atoms with Gasteiger partial charge in [-0.1, -0.05) is 0 Å². The molecule has 7 heteroatoms.